The number of nitrogens with zero attached hydrogens (tertiary/aromatic N) is 6. The van der Waals surface area contributed by atoms with Gasteiger partial charge < -0.3 is 24.6 Å². The first-order valence-electron chi connectivity index (χ1n) is 11.4. The highest BCUT2D eigenvalue weighted by atomic mass is 19.1. The maximum Gasteiger partial charge on any atom is 0.321 e. The van der Waals surface area contributed by atoms with E-state index in [4.69, 9.17) is 9.47 Å². The second-order valence-electron chi connectivity index (χ2n) is 9.46. The topological polar surface area (TPSA) is 112 Å². The van der Waals surface area contributed by atoms with Crippen LogP contribution in [0.5, 0.6) is 6.01 Å². The van der Waals surface area contributed by atoms with E-state index in [0.29, 0.717) is 25.5 Å². The lowest BCUT2D eigenvalue weighted by Gasteiger charge is -2.45. The van der Waals surface area contributed by atoms with E-state index >= 15 is 0 Å². The van der Waals surface area contributed by atoms with Crippen LogP contribution >= 0.6 is 0 Å². The number of aromatic nitrogens is 4. The Bertz CT molecular complexity index is 1050. The van der Waals surface area contributed by atoms with Gasteiger partial charge in [-0.2, -0.15) is 10.1 Å². The molecule has 11 nitrogen and oxygen atoms in total. The molecule has 0 aliphatic carbocycles. The van der Waals surface area contributed by atoms with Gasteiger partial charge in [-0.05, 0) is 34.7 Å². The number of H-pyrrole nitrogens is 1. The van der Waals surface area contributed by atoms with Crippen molar-refractivity contribution in [2.45, 2.75) is 51.9 Å². The lowest BCUT2D eigenvalue weighted by molar-refractivity contribution is 0.0457. The molecule has 0 spiro atoms. The monoisotopic (exact) mass is 476 g/mol. The summed E-state index contributed by atoms with van der Waals surface area (Å²) >= 11 is 0. The van der Waals surface area contributed by atoms with Crippen LogP contribution < -0.4 is 10.1 Å². The van der Waals surface area contributed by atoms with E-state index < -0.39 is 11.4 Å². The van der Waals surface area contributed by atoms with Gasteiger partial charge in [-0.15, -0.1) is 0 Å². The van der Waals surface area contributed by atoms with Crippen LogP contribution in [-0.2, 0) is 16.8 Å². The lowest BCUT2D eigenvalue weighted by Crippen LogP contribution is -2.60. The Morgan fingerprint density at radius 3 is 2.76 bits per heavy atom. The minimum Gasteiger partial charge on any atom is -0.461 e. The number of rotatable bonds is 6. The third-order valence-electron chi connectivity index (χ3n) is 6.72. The molecular weight excluding hydrogens is 443 g/mol. The molecule has 0 saturated carbocycles. The number of urea groups is 1. The third-order valence-corrected chi connectivity index (χ3v) is 6.72. The number of nitrogens with one attached hydrogen (secondary N) is 2. The molecule has 2 amide bonds. The fourth-order valence-electron chi connectivity index (χ4n) is 4.48. The summed E-state index contributed by atoms with van der Waals surface area (Å²) in [5.41, 5.74) is 1.00. The molecule has 2 aliphatic rings. The summed E-state index contributed by atoms with van der Waals surface area (Å²) in [6, 6.07) is 0.396. The second-order valence-corrected chi connectivity index (χ2v) is 9.46. The minimum absolute atomic E-state index is 0.0185. The first-order valence-corrected chi connectivity index (χ1v) is 11.4. The summed E-state index contributed by atoms with van der Waals surface area (Å²) in [6.07, 6.45) is 1.04. The number of ether oxygens (including phenoxy) is 2. The number of likely N-dealkylation sites (N-methyl/N-ethyl adjacent to an activating group) is 1. The van der Waals surface area contributed by atoms with Gasteiger partial charge in [0.25, 0.3) is 0 Å². The molecule has 2 N–H and O–H groups in total. The molecule has 4 heterocycles. The van der Waals surface area contributed by atoms with Crippen molar-refractivity contribution in [2.75, 3.05) is 45.8 Å². The zero-order chi connectivity index (χ0) is 24.6. The smallest absolute Gasteiger partial charge is 0.321 e. The number of anilines is 2. The fraction of sp³-hybridized carbons (Fsp3) is 0.636. The number of methoxy groups -OCH3 is 1. The van der Waals surface area contributed by atoms with Crippen molar-refractivity contribution < 1.29 is 18.7 Å². The molecule has 2 aromatic rings. The van der Waals surface area contributed by atoms with Gasteiger partial charge in [0, 0.05) is 37.8 Å². The molecular formula is C22H33FN8O3. The van der Waals surface area contributed by atoms with Gasteiger partial charge in [-0.25, -0.2) is 14.2 Å². The first kappa shape index (κ1) is 24.1. The quantitative estimate of drug-likeness (QED) is 0.611. The molecule has 1 fully saturated rings. The Balaban J connectivity index is 1.54. The Morgan fingerprint density at radius 2 is 2.03 bits per heavy atom. The third kappa shape index (κ3) is 4.39. The van der Waals surface area contributed by atoms with Gasteiger partial charge >= 0.3 is 12.0 Å². The number of carbonyl (C=O) groups excluding carboxylic acids is 1. The maximum absolute atomic E-state index is 14.4. The van der Waals surface area contributed by atoms with Crippen LogP contribution in [0.1, 0.15) is 39.0 Å². The number of amides is 2. The number of carbonyl (C=O) groups is 1. The summed E-state index contributed by atoms with van der Waals surface area (Å²) in [5, 5.41) is 10.3. The van der Waals surface area contributed by atoms with Crippen molar-refractivity contribution in [3.05, 3.63) is 23.3 Å². The number of hydrogen-bond acceptors (Lipinski definition) is 8. The average Bonchev–Trinajstić information content (AvgIpc) is 3.30. The number of halogens is 1. The number of fused-ring (bicyclic) bond motifs is 1. The molecule has 2 atom stereocenters. The SMILES string of the molecule is COCCOc1ncc(F)c(Nc2n[nH]c3c2CN(C(=O)N2C[C@@H](C)N(C)C[C@@H]2C)C3(C)C)n1. The highest BCUT2D eigenvalue weighted by Gasteiger charge is 2.46. The molecule has 2 aromatic heterocycles. The summed E-state index contributed by atoms with van der Waals surface area (Å²) < 4.78 is 24.8. The summed E-state index contributed by atoms with van der Waals surface area (Å²) in [4.78, 5) is 27.6. The van der Waals surface area contributed by atoms with Crippen LogP contribution in [0.2, 0.25) is 0 Å². The van der Waals surface area contributed by atoms with E-state index in [2.05, 4.69) is 51.3 Å². The van der Waals surface area contributed by atoms with Crippen molar-refractivity contribution in [1.82, 2.24) is 34.9 Å². The molecule has 186 valence electrons. The van der Waals surface area contributed by atoms with E-state index in [0.717, 1.165) is 24.0 Å². The van der Waals surface area contributed by atoms with E-state index in [9.17, 15) is 9.18 Å². The summed E-state index contributed by atoms with van der Waals surface area (Å²) in [5.74, 6) is -0.277. The number of piperazine rings is 1. The molecule has 0 aromatic carbocycles. The van der Waals surface area contributed by atoms with Crippen LogP contribution in [0.15, 0.2) is 6.20 Å². The predicted molar refractivity (Wildman–Crippen MR) is 123 cm³/mol. The Kier molecular flexibility index (Phi) is 6.63. The highest BCUT2D eigenvalue weighted by Crippen LogP contribution is 2.42. The Hall–Kier alpha value is -2.99. The van der Waals surface area contributed by atoms with Crippen molar-refractivity contribution in [3.8, 4) is 6.01 Å². The molecule has 34 heavy (non-hydrogen) atoms. The Morgan fingerprint density at radius 1 is 1.26 bits per heavy atom. The average molecular weight is 477 g/mol. The van der Waals surface area contributed by atoms with E-state index in [1.54, 1.807) is 7.11 Å². The van der Waals surface area contributed by atoms with E-state index in [1.165, 1.54) is 0 Å². The van der Waals surface area contributed by atoms with Crippen LogP contribution in [0.25, 0.3) is 0 Å². The van der Waals surface area contributed by atoms with Crippen LogP contribution in [0, 0.1) is 5.82 Å². The minimum atomic E-state index is -0.638. The van der Waals surface area contributed by atoms with E-state index in [1.807, 2.05) is 23.6 Å². The lowest BCUT2D eigenvalue weighted by atomic mass is 10.0. The van der Waals surface area contributed by atoms with Gasteiger partial charge in [0.15, 0.2) is 17.5 Å². The Labute approximate surface area is 198 Å². The number of hydrogen-bond donors (Lipinski definition) is 2. The maximum atomic E-state index is 14.4. The summed E-state index contributed by atoms with van der Waals surface area (Å²) in [6.45, 7) is 10.6. The molecule has 2 aliphatic heterocycles. The van der Waals surface area contributed by atoms with Crippen molar-refractivity contribution in [1.29, 1.82) is 0 Å². The zero-order valence-electron chi connectivity index (χ0n) is 20.6. The van der Waals surface area contributed by atoms with Crippen molar-refractivity contribution in [2.24, 2.45) is 0 Å². The number of aromatic amines is 1. The van der Waals surface area contributed by atoms with Gasteiger partial charge in [0.1, 0.15) is 6.61 Å². The van der Waals surface area contributed by atoms with Gasteiger partial charge in [0.2, 0.25) is 0 Å². The van der Waals surface area contributed by atoms with Gasteiger partial charge in [0.05, 0.1) is 30.6 Å². The molecule has 1 saturated heterocycles. The second kappa shape index (κ2) is 9.34. The molecule has 0 radical (unpaired) electrons. The molecule has 4 rings (SSSR count). The van der Waals surface area contributed by atoms with Crippen molar-refractivity contribution >= 4 is 17.7 Å². The fourth-order valence-corrected chi connectivity index (χ4v) is 4.48. The first-order chi connectivity index (χ1) is 16.1. The predicted octanol–water partition coefficient (Wildman–Crippen LogP) is 2.30. The standard InChI is InChI=1S/C22H33FN8O3/c1-13-11-30(14(2)10-29(13)5)21(32)31-12-15-17(22(31,3)4)27-28-18(15)25-19-16(23)9-24-20(26-19)34-8-7-33-6/h9,13-14H,7-8,10-12H2,1-6H3,(H2,24,25,26,27,28)/t13-,14+/m1/s1. The molecule has 12 heteroatoms. The molecule has 0 bridgehead atoms. The van der Waals surface area contributed by atoms with Crippen LogP contribution in [0.4, 0.5) is 20.8 Å². The van der Waals surface area contributed by atoms with Crippen molar-refractivity contribution in [3.63, 3.8) is 0 Å². The van der Waals surface area contributed by atoms with Crippen LogP contribution in [0.3, 0.4) is 0 Å². The normalized spacial score (nSPS) is 22.1. The van der Waals surface area contributed by atoms with Crippen LogP contribution in [-0.4, -0.2) is 93.4 Å². The van der Waals surface area contributed by atoms with E-state index in [-0.39, 0.29) is 36.6 Å². The van der Waals surface area contributed by atoms with Gasteiger partial charge in [-0.3, -0.25) is 10.00 Å². The van der Waals surface area contributed by atoms with Gasteiger partial charge in [-0.1, -0.05) is 0 Å². The largest absolute Gasteiger partial charge is 0.461 e. The summed E-state index contributed by atoms with van der Waals surface area (Å²) in [7, 11) is 3.64. The molecule has 0 unspecified atom stereocenters. The zero-order valence-corrected chi connectivity index (χ0v) is 20.6. The highest BCUT2D eigenvalue weighted by molar-refractivity contribution is 5.78.